The molecule has 0 spiro atoms. The maximum absolute atomic E-state index is 12.8. The highest BCUT2D eigenvalue weighted by molar-refractivity contribution is 5.93. The highest BCUT2D eigenvalue weighted by Gasteiger charge is 2.11. The number of benzene rings is 1. The Balaban J connectivity index is 1.82. The van der Waals surface area contributed by atoms with Crippen molar-refractivity contribution in [1.82, 2.24) is 5.32 Å². The Morgan fingerprint density at radius 2 is 1.95 bits per heavy atom. The summed E-state index contributed by atoms with van der Waals surface area (Å²) in [6.45, 7) is 1.94. The van der Waals surface area contributed by atoms with E-state index in [9.17, 15) is 9.18 Å². The van der Waals surface area contributed by atoms with E-state index in [1.54, 1.807) is 31.4 Å². The molecule has 0 unspecified atom stereocenters. The normalized spacial score (nSPS) is 10.8. The zero-order valence-electron chi connectivity index (χ0n) is 12.6. The fraction of sp³-hybridized carbons (Fsp3) is 0.353. The molecule has 118 valence electrons. The predicted octanol–water partition coefficient (Wildman–Crippen LogP) is 2.82. The smallest absolute Gasteiger partial charge is 0.199 e. The Hall–Kier alpha value is -1.98. The van der Waals surface area contributed by atoms with Gasteiger partial charge in [0.25, 0.3) is 0 Å². The first-order chi connectivity index (χ1) is 10.7. The standard InChI is InChI=1S/C17H20FNO3/c1-21-11-10-19-9-8-16(20)17-7-6-15(22-17)12-13-2-4-14(18)5-3-13/h2-7,19H,8-12H2,1H3. The number of ether oxygens (including phenoxy) is 1. The minimum Gasteiger partial charge on any atom is -0.458 e. The molecule has 0 saturated carbocycles. The second kappa shape index (κ2) is 8.46. The van der Waals surface area contributed by atoms with Gasteiger partial charge in [0.15, 0.2) is 11.5 Å². The molecule has 1 heterocycles. The quantitative estimate of drug-likeness (QED) is 0.572. The van der Waals surface area contributed by atoms with E-state index in [-0.39, 0.29) is 11.6 Å². The Kier molecular flexibility index (Phi) is 6.30. The topological polar surface area (TPSA) is 51.5 Å². The van der Waals surface area contributed by atoms with Crippen LogP contribution in [0.2, 0.25) is 0 Å². The molecule has 22 heavy (non-hydrogen) atoms. The van der Waals surface area contributed by atoms with Crippen LogP contribution in [0.4, 0.5) is 4.39 Å². The molecule has 1 N–H and O–H groups in total. The van der Waals surface area contributed by atoms with Crippen molar-refractivity contribution >= 4 is 5.78 Å². The minimum atomic E-state index is -0.264. The van der Waals surface area contributed by atoms with E-state index in [1.165, 1.54) is 12.1 Å². The molecule has 0 radical (unpaired) electrons. The van der Waals surface area contributed by atoms with Crippen LogP contribution >= 0.6 is 0 Å². The lowest BCUT2D eigenvalue weighted by atomic mass is 10.1. The Morgan fingerprint density at radius 1 is 1.18 bits per heavy atom. The zero-order chi connectivity index (χ0) is 15.8. The number of hydrogen-bond donors (Lipinski definition) is 1. The average Bonchev–Trinajstić information content (AvgIpc) is 2.98. The van der Waals surface area contributed by atoms with Crippen LogP contribution < -0.4 is 5.32 Å². The van der Waals surface area contributed by atoms with E-state index in [0.29, 0.717) is 37.5 Å². The molecule has 4 nitrogen and oxygen atoms in total. The molecule has 2 aromatic rings. The molecule has 0 saturated heterocycles. The number of ketones is 1. The zero-order valence-corrected chi connectivity index (χ0v) is 12.6. The molecular weight excluding hydrogens is 285 g/mol. The van der Waals surface area contributed by atoms with Gasteiger partial charge in [-0.1, -0.05) is 12.1 Å². The summed E-state index contributed by atoms with van der Waals surface area (Å²) in [6, 6.07) is 9.72. The molecule has 1 aromatic carbocycles. The largest absolute Gasteiger partial charge is 0.458 e. The van der Waals surface area contributed by atoms with Crippen molar-refractivity contribution in [2.45, 2.75) is 12.8 Å². The number of hydrogen-bond acceptors (Lipinski definition) is 4. The molecule has 0 amide bonds. The van der Waals surface area contributed by atoms with Crippen molar-refractivity contribution in [3.63, 3.8) is 0 Å². The number of halogens is 1. The van der Waals surface area contributed by atoms with Crippen LogP contribution in [0.3, 0.4) is 0 Å². The molecule has 0 aliphatic rings. The van der Waals surface area contributed by atoms with E-state index >= 15 is 0 Å². The number of methoxy groups -OCH3 is 1. The third-order valence-corrected chi connectivity index (χ3v) is 3.24. The molecule has 0 atom stereocenters. The van der Waals surface area contributed by atoms with Gasteiger partial charge in [0.1, 0.15) is 11.6 Å². The molecule has 0 bridgehead atoms. The van der Waals surface area contributed by atoms with Gasteiger partial charge in [-0.2, -0.15) is 0 Å². The lowest BCUT2D eigenvalue weighted by Crippen LogP contribution is -2.22. The average molecular weight is 305 g/mol. The van der Waals surface area contributed by atoms with Crippen LogP contribution in [0.25, 0.3) is 0 Å². The number of carbonyl (C=O) groups excluding carboxylic acids is 1. The summed E-state index contributed by atoms with van der Waals surface area (Å²) >= 11 is 0. The van der Waals surface area contributed by atoms with Gasteiger partial charge in [-0.3, -0.25) is 4.79 Å². The summed E-state index contributed by atoms with van der Waals surface area (Å²) < 4.78 is 23.3. The molecule has 2 rings (SSSR count). The monoisotopic (exact) mass is 305 g/mol. The highest BCUT2D eigenvalue weighted by atomic mass is 19.1. The summed E-state index contributed by atoms with van der Waals surface area (Å²) in [4.78, 5) is 12.0. The van der Waals surface area contributed by atoms with Gasteiger partial charge in [-0.25, -0.2) is 4.39 Å². The summed E-state index contributed by atoms with van der Waals surface area (Å²) in [5.41, 5.74) is 0.941. The van der Waals surface area contributed by atoms with Crippen molar-refractivity contribution in [2.24, 2.45) is 0 Å². The summed E-state index contributed by atoms with van der Waals surface area (Å²) in [6.07, 6.45) is 0.923. The van der Waals surface area contributed by atoms with Crippen LogP contribution in [0, 0.1) is 5.82 Å². The van der Waals surface area contributed by atoms with Gasteiger partial charge in [0.05, 0.1) is 6.61 Å². The van der Waals surface area contributed by atoms with Crippen molar-refractivity contribution in [2.75, 3.05) is 26.8 Å². The molecule has 1 aromatic heterocycles. The lowest BCUT2D eigenvalue weighted by molar-refractivity contribution is 0.0953. The van der Waals surface area contributed by atoms with Crippen molar-refractivity contribution in [1.29, 1.82) is 0 Å². The first-order valence-electron chi connectivity index (χ1n) is 7.25. The van der Waals surface area contributed by atoms with Crippen LogP contribution in [-0.4, -0.2) is 32.6 Å². The van der Waals surface area contributed by atoms with Gasteiger partial charge in [0, 0.05) is 33.0 Å². The van der Waals surface area contributed by atoms with E-state index in [0.717, 1.165) is 12.1 Å². The SMILES string of the molecule is COCCNCCC(=O)c1ccc(Cc2ccc(F)cc2)o1. The molecular formula is C17H20FNO3. The summed E-state index contributed by atoms with van der Waals surface area (Å²) in [5, 5.41) is 3.12. The lowest BCUT2D eigenvalue weighted by Gasteiger charge is -2.02. The number of carbonyl (C=O) groups is 1. The maximum atomic E-state index is 12.8. The molecule has 0 aliphatic carbocycles. The first-order valence-corrected chi connectivity index (χ1v) is 7.25. The highest BCUT2D eigenvalue weighted by Crippen LogP contribution is 2.15. The minimum absolute atomic E-state index is 0.0322. The fourth-order valence-electron chi connectivity index (χ4n) is 2.05. The van der Waals surface area contributed by atoms with Gasteiger partial charge >= 0.3 is 0 Å². The van der Waals surface area contributed by atoms with Gasteiger partial charge < -0.3 is 14.5 Å². The van der Waals surface area contributed by atoms with Crippen LogP contribution in [-0.2, 0) is 11.2 Å². The van der Waals surface area contributed by atoms with Crippen molar-refractivity contribution < 1.29 is 18.3 Å². The van der Waals surface area contributed by atoms with Crippen LogP contribution in [0.15, 0.2) is 40.8 Å². The summed E-state index contributed by atoms with van der Waals surface area (Å²) in [5.74, 6) is 0.767. The number of furan rings is 1. The Labute approximate surface area is 129 Å². The second-order valence-electron chi connectivity index (χ2n) is 4.99. The Morgan fingerprint density at radius 3 is 2.68 bits per heavy atom. The number of nitrogens with one attached hydrogen (secondary N) is 1. The van der Waals surface area contributed by atoms with Crippen molar-refractivity contribution in [3.8, 4) is 0 Å². The molecule has 5 heteroatoms. The molecule has 0 fully saturated rings. The van der Waals surface area contributed by atoms with Gasteiger partial charge in [0.2, 0.25) is 0 Å². The fourth-order valence-corrected chi connectivity index (χ4v) is 2.05. The number of rotatable bonds is 9. The Bertz CT molecular complexity index is 592. The third-order valence-electron chi connectivity index (χ3n) is 3.24. The maximum Gasteiger partial charge on any atom is 0.199 e. The second-order valence-corrected chi connectivity index (χ2v) is 4.99. The van der Waals surface area contributed by atoms with Gasteiger partial charge in [-0.15, -0.1) is 0 Å². The van der Waals surface area contributed by atoms with Crippen LogP contribution in [0.5, 0.6) is 0 Å². The summed E-state index contributed by atoms with van der Waals surface area (Å²) in [7, 11) is 1.64. The van der Waals surface area contributed by atoms with E-state index < -0.39 is 0 Å². The van der Waals surface area contributed by atoms with Crippen LogP contribution in [0.1, 0.15) is 28.3 Å². The third kappa shape index (κ3) is 5.09. The van der Waals surface area contributed by atoms with E-state index in [1.807, 2.05) is 0 Å². The van der Waals surface area contributed by atoms with Gasteiger partial charge in [-0.05, 0) is 29.8 Å². The van der Waals surface area contributed by atoms with E-state index in [4.69, 9.17) is 9.15 Å². The predicted molar refractivity (Wildman–Crippen MR) is 81.6 cm³/mol. The number of Topliss-reactive ketones (excluding diaryl/α,β-unsaturated/α-hetero) is 1. The van der Waals surface area contributed by atoms with Crippen molar-refractivity contribution in [3.05, 3.63) is 59.3 Å². The van der Waals surface area contributed by atoms with E-state index in [2.05, 4.69) is 5.32 Å². The first kappa shape index (κ1) is 16.4. The molecule has 0 aliphatic heterocycles.